The molecular formula is C34H33F2N5O3S. The van der Waals surface area contributed by atoms with Gasteiger partial charge in [0, 0.05) is 46.4 Å². The number of halogens is 2. The number of ether oxygens (including phenoxy) is 1. The minimum absolute atomic E-state index is 0.0838. The van der Waals surface area contributed by atoms with E-state index < -0.39 is 17.7 Å². The Kier molecular flexibility index (Phi) is 7.32. The third-order valence-corrected chi connectivity index (χ3v) is 9.51. The lowest BCUT2D eigenvalue weighted by Crippen LogP contribution is -2.44. The predicted molar refractivity (Wildman–Crippen MR) is 170 cm³/mol. The Balaban J connectivity index is 1.50. The van der Waals surface area contributed by atoms with E-state index in [1.54, 1.807) is 4.68 Å². The minimum atomic E-state index is -1.000. The molecule has 0 spiro atoms. The Bertz CT molecular complexity index is 1970. The molecule has 232 valence electrons. The molecule has 45 heavy (non-hydrogen) atoms. The van der Waals surface area contributed by atoms with Crippen LogP contribution in [0, 0.1) is 11.6 Å². The molecule has 5 aromatic rings. The van der Waals surface area contributed by atoms with Crippen molar-refractivity contribution in [1.29, 1.82) is 0 Å². The highest BCUT2D eigenvalue weighted by molar-refractivity contribution is 7.18. The Labute approximate surface area is 263 Å². The fourth-order valence-electron chi connectivity index (χ4n) is 6.43. The van der Waals surface area contributed by atoms with Gasteiger partial charge in [-0.05, 0) is 68.9 Å². The van der Waals surface area contributed by atoms with Crippen LogP contribution in [0.25, 0.3) is 43.9 Å². The van der Waals surface area contributed by atoms with Gasteiger partial charge in [0.2, 0.25) is 0 Å². The summed E-state index contributed by atoms with van der Waals surface area (Å²) in [7, 11) is 2.12. The molecule has 0 saturated carbocycles. The normalized spacial score (nSPS) is 16.7. The molecule has 0 aliphatic carbocycles. The van der Waals surface area contributed by atoms with E-state index in [-0.39, 0.29) is 30.0 Å². The molecule has 0 bridgehead atoms. The van der Waals surface area contributed by atoms with E-state index in [2.05, 4.69) is 30.1 Å². The zero-order valence-corrected chi connectivity index (χ0v) is 26.3. The van der Waals surface area contributed by atoms with Crippen LogP contribution in [0.5, 0.6) is 5.75 Å². The maximum atomic E-state index is 16.0. The summed E-state index contributed by atoms with van der Waals surface area (Å²) < 4.78 is 39.1. The van der Waals surface area contributed by atoms with Crippen molar-refractivity contribution in [1.82, 2.24) is 24.6 Å². The number of hydrogen-bond acceptors (Lipinski definition) is 6. The molecule has 7 rings (SSSR count). The summed E-state index contributed by atoms with van der Waals surface area (Å²) >= 11 is 1.45. The van der Waals surface area contributed by atoms with E-state index in [4.69, 9.17) is 14.8 Å². The summed E-state index contributed by atoms with van der Waals surface area (Å²) in [5.41, 5.74) is 6.45. The van der Waals surface area contributed by atoms with Gasteiger partial charge in [0.05, 0.1) is 42.2 Å². The molecule has 0 radical (unpaired) electrons. The summed E-state index contributed by atoms with van der Waals surface area (Å²) in [4.78, 5) is 20.8. The molecule has 2 aromatic carbocycles. The molecule has 5 heterocycles. The van der Waals surface area contributed by atoms with Crippen molar-refractivity contribution in [2.45, 2.75) is 59.0 Å². The number of benzene rings is 2. The number of rotatable bonds is 5. The van der Waals surface area contributed by atoms with E-state index in [0.717, 1.165) is 46.9 Å². The summed E-state index contributed by atoms with van der Waals surface area (Å²) in [6, 6.07) is 12.0. The van der Waals surface area contributed by atoms with Crippen molar-refractivity contribution >= 4 is 27.5 Å². The van der Waals surface area contributed by atoms with Gasteiger partial charge in [-0.2, -0.15) is 5.10 Å². The molecule has 1 N–H and O–H groups in total. The van der Waals surface area contributed by atoms with Crippen LogP contribution in [0.3, 0.4) is 0 Å². The van der Waals surface area contributed by atoms with Crippen LogP contribution in [-0.4, -0.2) is 61.5 Å². The molecule has 1 amide bonds. The molecule has 3 aromatic heterocycles. The van der Waals surface area contributed by atoms with Gasteiger partial charge in [-0.15, -0.1) is 11.3 Å². The average molecular weight is 630 g/mol. The number of carboxylic acid groups (broad SMARTS) is 1. The Morgan fingerprint density at radius 1 is 1.07 bits per heavy atom. The zero-order chi connectivity index (χ0) is 31.6. The summed E-state index contributed by atoms with van der Waals surface area (Å²) in [5.74, 6) is -1.41. The highest BCUT2D eigenvalue weighted by Crippen LogP contribution is 2.47. The van der Waals surface area contributed by atoms with Gasteiger partial charge in [-0.1, -0.05) is 12.1 Å². The molecule has 0 fully saturated rings. The zero-order valence-electron chi connectivity index (χ0n) is 25.5. The van der Waals surface area contributed by atoms with Gasteiger partial charge in [-0.25, -0.2) is 18.6 Å². The lowest BCUT2D eigenvalue weighted by molar-refractivity contribution is 0.105. The first-order valence-electron chi connectivity index (χ1n) is 15.0. The van der Waals surface area contributed by atoms with Crippen LogP contribution in [0.2, 0.25) is 0 Å². The van der Waals surface area contributed by atoms with E-state index in [9.17, 15) is 14.3 Å². The number of thiophene rings is 1. The SMILES string of the molecule is CC(C)Oc1cc(F)cc(F)c1-c1c(-c2cc3n(n2)C[C@@H](C)N(C(=O)O)C3)nc(-c2ccc3c(c2)CCN(C)C3)c2ccsc12. The van der Waals surface area contributed by atoms with Gasteiger partial charge >= 0.3 is 6.09 Å². The van der Waals surface area contributed by atoms with Crippen LogP contribution in [-0.2, 0) is 26.1 Å². The minimum Gasteiger partial charge on any atom is -0.490 e. The van der Waals surface area contributed by atoms with Crippen molar-refractivity contribution < 1.29 is 23.4 Å². The van der Waals surface area contributed by atoms with E-state index in [0.29, 0.717) is 29.2 Å². The molecule has 11 heteroatoms. The summed E-state index contributed by atoms with van der Waals surface area (Å²) in [6.45, 7) is 7.85. The van der Waals surface area contributed by atoms with Crippen molar-refractivity contribution in [3.63, 3.8) is 0 Å². The number of fused-ring (bicyclic) bond motifs is 3. The van der Waals surface area contributed by atoms with Crippen LogP contribution >= 0.6 is 11.3 Å². The fourth-order valence-corrected chi connectivity index (χ4v) is 7.38. The smallest absolute Gasteiger partial charge is 0.407 e. The number of carbonyl (C=O) groups is 1. The topological polar surface area (TPSA) is 83.7 Å². The molecule has 1 atom stereocenters. The second kappa shape index (κ2) is 11.2. The standard InChI is InChI=1S/C34H33F2N5O3S/c1-18(2)44-28-13-23(35)12-26(36)29(28)30-32(27-14-24-17-40(34(42)43)19(3)15-41(24)38-27)37-31(25-8-10-45-33(25)30)21-5-6-22-16-39(4)9-7-20(22)11-21/h5-6,8,10-14,18-19H,7,9,15-17H2,1-4H3,(H,42,43)/t19-/m1/s1. The lowest BCUT2D eigenvalue weighted by atomic mass is 9.93. The Morgan fingerprint density at radius 3 is 2.67 bits per heavy atom. The van der Waals surface area contributed by atoms with Crippen molar-refractivity contribution in [2.75, 3.05) is 13.6 Å². The monoisotopic (exact) mass is 629 g/mol. The van der Waals surface area contributed by atoms with Gasteiger partial charge < -0.3 is 14.7 Å². The molecule has 0 unspecified atom stereocenters. The third-order valence-electron chi connectivity index (χ3n) is 8.58. The number of amides is 1. The Hall–Kier alpha value is -4.35. The first-order chi connectivity index (χ1) is 21.6. The highest BCUT2D eigenvalue weighted by atomic mass is 32.1. The summed E-state index contributed by atoms with van der Waals surface area (Å²) in [6.07, 6.45) is -0.405. The lowest BCUT2D eigenvalue weighted by Gasteiger charge is -2.31. The van der Waals surface area contributed by atoms with Gasteiger partial charge in [0.25, 0.3) is 0 Å². The quantitative estimate of drug-likeness (QED) is 0.218. The average Bonchev–Trinajstić information content (AvgIpc) is 3.63. The third kappa shape index (κ3) is 5.23. The van der Waals surface area contributed by atoms with Crippen LogP contribution in [0.4, 0.5) is 13.6 Å². The van der Waals surface area contributed by atoms with Crippen LogP contribution in [0.15, 0.2) is 47.8 Å². The number of hydrogen-bond donors (Lipinski definition) is 1. The molecule has 0 saturated heterocycles. The van der Waals surface area contributed by atoms with Gasteiger partial charge in [-0.3, -0.25) is 9.58 Å². The second-order valence-corrected chi connectivity index (χ2v) is 13.1. The van der Waals surface area contributed by atoms with Gasteiger partial charge in [0.15, 0.2) is 0 Å². The first-order valence-corrected chi connectivity index (χ1v) is 15.9. The van der Waals surface area contributed by atoms with Crippen molar-refractivity contribution in [3.05, 3.63) is 76.3 Å². The number of likely N-dealkylation sites (N-methyl/N-ethyl adjacent to an activating group) is 1. The van der Waals surface area contributed by atoms with Crippen LogP contribution < -0.4 is 4.74 Å². The maximum Gasteiger partial charge on any atom is 0.407 e. The van der Waals surface area contributed by atoms with E-state index >= 15 is 4.39 Å². The van der Waals surface area contributed by atoms with E-state index in [1.807, 2.05) is 38.3 Å². The number of pyridine rings is 1. The fraction of sp³-hybridized carbons (Fsp3) is 0.324. The molecule has 8 nitrogen and oxygen atoms in total. The molecule has 2 aliphatic rings. The van der Waals surface area contributed by atoms with Gasteiger partial charge in [0.1, 0.15) is 28.8 Å². The second-order valence-electron chi connectivity index (χ2n) is 12.2. The molecule has 2 aliphatic heterocycles. The highest BCUT2D eigenvalue weighted by Gasteiger charge is 2.31. The van der Waals surface area contributed by atoms with Crippen molar-refractivity contribution in [3.8, 4) is 39.5 Å². The largest absolute Gasteiger partial charge is 0.490 e. The number of aromatic nitrogens is 3. The maximum absolute atomic E-state index is 16.0. The molecular weight excluding hydrogens is 596 g/mol. The van der Waals surface area contributed by atoms with Crippen LogP contribution in [0.1, 0.15) is 37.6 Å². The first kappa shape index (κ1) is 29.4. The summed E-state index contributed by atoms with van der Waals surface area (Å²) in [5, 5.41) is 17.4. The van der Waals surface area contributed by atoms with Crippen molar-refractivity contribution in [2.24, 2.45) is 0 Å². The predicted octanol–water partition coefficient (Wildman–Crippen LogP) is 7.43. The number of nitrogens with zero attached hydrogens (tertiary/aromatic N) is 5. The Morgan fingerprint density at radius 2 is 1.89 bits per heavy atom. The van der Waals surface area contributed by atoms with E-state index in [1.165, 1.54) is 33.4 Å².